The molecule has 132 valence electrons. The number of nitrogens with one attached hydrogen (secondary N) is 3. The van der Waals surface area contributed by atoms with Gasteiger partial charge in [0.1, 0.15) is 23.1 Å². The zero-order valence-electron chi connectivity index (χ0n) is 13.7. The minimum absolute atomic E-state index is 0.223. The maximum atomic E-state index is 12.0. The summed E-state index contributed by atoms with van der Waals surface area (Å²) in [6.07, 6.45) is 6.21. The lowest BCUT2D eigenvalue weighted by atomic mass is 10.1. The summed E-state index contributed by atoms with van der Waals surface area (Å²) in [5.41, 5.74) is 1.76. The highest BCUT2D eigenvalue weighted by atomic mass is 16.5. The van der Waals surface area contributed by atoms with Crippen LogP contribution in [0, 0.1) is 0 Å². The first-order chi connectivity index (χ1) is 12.7. The number of hydrogen-bond acceptors (Lipinski definition) is 8. The summed E-state index contributed by atoms with van der Waals surface area (Å²) in [7, 11) is 1.28. The first-order valence-corrected chi connectivity index (χ1v) is 7.72. The summed E-state index contributed by atoms with van der Waals surface area (Å²) in [5, 5.41) is 9.42. The van der Waals surface area contributed by atoms with Gasteiger partial charge in [-0.05, 0) is 0 Å². The van der Waals surface area contributed by atoms with Crippen molar-refractivity contribution in [2.75, 3.05) is 19.0 Å². The SMILES string of the molecule is COC(=O)c1cn(CCNc2ncnc3nc[nH]c23)cc2c(=O)[nH]nc1-2. The van der Waals surface area contributed by atoms with Crippen LogP contribution in [0.1, 0.15) is 10.4 Å². The Morgan fingerprint density at radius 2 is 2.19 bits per heavy atom. The number of H-pyrrole nitrogens is 2. The van der Waals surface area contributed by atoms with E-state index >= 15 is 0 Å². The van der Waals surface area contributed by atoms with E-state index in [1.54, 1.807) is 23.3 Å². The Hall–Kier alpha value is -3.76. The normalized spacial score (nSPS) is 11.1. The quantitative estimate of drug-likeness (QED) is 0.432. The fourth-order valence-electron chi connectivity index (χ4n) is 2.68. The van der Waals surface area contributed by atoms with E-state index < -0.39 is 5.97 Å². The van der Waals surface area contributed by atoms with Gasteiger partial charge in [-0.25, -0.2) is 24.8 Å². The molecule has 11 heteroatoms. The number of ether oxygens (including phenoxy) is 1. The van der Waals surface area contributed by atoms with Gasteiger partial charge in [0.15, 0.2) is 11.5 Å². The molecule has 0 atom stereocenters. The number of carbonyl (C=O) groups is 1. The predicted molar refractivity (Wildman–Crippen MR) is 91.0 cm³/mol. The number of carbonyl (C=O) groups excluding carboxylic acids is 1. The van der Waals surface area contributed by atoms with E-state index in [9.17, 15) is 9.59 Å². The highest BCUT2D eigenvalue weighted by Crippen LogP contribution is 2.20. The number of nitrogens with zero attached hydrogens (tertiary/aromatic N) is 5. The third-order valence-electron chi connectivity index (χ3n) is 3.90. The minimum atomic E-state index is -0.557. The molecule has 0 saturated carbocycles. The molecular formula is C15H14N8O3. The van der Waals surface area contributed by atoms with Gasteiger partial charge in [-0.1, -0.05) is 0 Å². The van der Waals surface area contributed by atoms with Crippen LogP contribution in [0.25, 0.3) is 22.4 Å². The van der Waals surface area contributed by atoms with E-state index in [4.69, 9.17) is 4.74 Å². The molecular weight excluding hydrogens is 340 g/mol. The molecule has 2 aliphatic heterocycles. The van der Waals surface area contributed by atoms with Crippen molar-refractivity contribution in [1.82, 2.24) is 34.7 Å². The van der Waals surface area contributed by atoms with E-state index in [-0.39, 0.29) is 11.1 Å². The summed E-state index contributed by atoms with van der Waals surface area (Å²) in [6.45, 7) is 0.970. The zero-order valence-corrected chi connectivity index (χ0v) is 13.7. The molecule has 0 spiro atoms. The monoisotopic (exact) mass is 354 g/mol. The number of aromatic nitrogens is 7. The largest absolute Gasteiger partial charge is 0.465 e. The van der Waals surface area contributed by atoms with E-state index in [0.717, 1.165) is 0 Å². The number of esters is 1. The summed E-state index contributed by atoms with van der Waals surface area (Å²) >= 11 is 0. The molecule has 2 aromatic heterocycles. The standard InChI is InChI=1S/C15H14N8O3/c1-26-15(25)9-5-23(4-8-10(9)21-22-14(8)24)3-2-16-12-11-13(18-6-17-11)20-7-19-12/h4-7H,2-3H2,1H3,(H,22,24)(H2,16,17,18,19,20). The van der Waals surface area contributed by atoms with Gasteiger partial charge in [-0.2, -0.15) is 5.10 Å². The molecule has 2 aliphatic rings. The second kappa shape index (κ2) is 6.27. The molecule has 0 fully saturated rings. The molecule has 0 saturated heterocycles. The van der Waals surface area contributed by atoms with Crippen LogP contribution in [0.4, 0.5) is 5.82 Å². The third kappa shape index (κ3) is 2.64. The molecule has 26 heavy (non-hydrogen) atoms. The summed E-state index contributed by atoms with van der Waals surface area (Å²) < 4.78 is 6.50. The molecule has 3 N–H and O–H groups in total. The van der Waals surface area contributed by atoms with Crippen LogP contribution in [0.3, 0.4) is 0 Å². The molecule has 11 nitrogen and oxygen atoms in total. The maximum Gasteiger partial charge on any atom is 0.341 e. The summed E-state index contributed by atoms with van der Waals surface area (Å²) in [4.78, 5) is 39.1. The number of aromatic amines is 2. The predicted octanol–water partition coefficient (Wildman–Crippen LogP) is 0.241. The lowest BCUT2D eigenvalue weighted by molar-refractivity contribution is 0.0600. The smallest absolute Gasteiger partial charge is 0.341 e. The fraction of sp³-hybridized carbons (Fsp3) is 0.200. The third-order valence-corrected chi connectivity index (χ3v) is 3.90. The Kier molecular flexibility index (Phi) is 3.80. The Bertz CT molecular complexity index is 1110. The Labute approximate surface area is 145 Å². The molecule has 4 rings (SSSR count). The van der Waals surface area contributed by atoms with Crippen LogP contribution in [-0.4, -0.2) is 54.3 Å². The van der Waals surface area contributed by atoms with Crippen LogP contribution >= 0.6 is 0 Å². The number of methoxy groups -OCH3 is 1. The van der Waals surface area contributed by atoms with Crippen LogP contribution < -0.4 is 10.9 Å². The Balaban J connectivity index is 1.58. The molecule has 0 unspecified atom stereocenters. The van der Waals surface area contributed by atoms with E-state index in [1.807, 2.05) is 0 Å². The van der Waals surface area contributed by atoms with Crippen molar-refractivity contribution in [3.63, 3.8) is 0 Å². The van der Waals surface area contributed by atoms with Crippen molar-refractivity contribution in [1.29, 1.82) is 0 Å². The molecule has 0 aliphatic carbocycles. The van der Waals surface area contributed by atoms with E-state index in [2.05, 4.69) is 35.5 Å². The first-order valence-electron chi connectivity index (χ1n) is 7.72. The van der Waals surface area contributed by atoms with Crippen LogP contribution in [0.15, 0.2) is 29.8 Å². The van der Waals surface area contributed by atoms with E-state index in [0.29, 0.717) is 41.3 Å². The second-order valence-electron chi connectivity index (χ2n) is 5.47. The highest BCUT2D eigenvalue weighted by Gasteiger charge is 2.21. The molecule has 0 amide bonds. The number of pyridine rings is 1. The number of fused-ring (bicyclic) bond motifs is 2. The van der Waals surface area contributed by atoms with Gasteiger partial charge >= 0.3 is 5.97 Å². The van der Waals surface area contributed by atoms with Gasteiger partial charge in [0, 0.05) is 25.5 Å². The van der Waals surface area contributed by atoms with Crippen LogP contribution in [0.5, 0.6) is 0 Å². The van der Waals surface area contributed by atoms with Crippen LogP contribution in [-0.2, 0) is 11.3 Å². The number of anilines is 1. The minimum Gasteiger partial charge on any atom is -0.465 e. The van der Waals surface area contributed by atoms with Gasteiger partial charge in [-0.15, -0.1) is 0 Å². The van der Waals surface area contributed by atoms with Crippen molar-refractivity contribution >= 4 is 23.0 Å². The van der Waals surface area contributed by atoms with Crippen molar-refractivity contribution in [3.05, 3.63) is 41.0 Å². The summed E-state index contributed by atoms with van der Waals surface area (Å²) in [6, 6.07) is 0. The second-order valence-corrected chi connectivity index (χ2v) is 5.47. The summed E-state index contributed by atoms with van der Waals surface area (Å²) in [5.74, 6) is 0.0639. The van der Waals surface area contributed by atoms with Gasteiger partial charge < -0.3 is 19.6 Å². The lowest BCUT2D eigenvalue weighted by Crippen LogP contribution is -2.16. The molecule has 0 radical (unpaired) electrons. The van der Waals surface area contributed by atoms with Gasteiger partial charge in [-0.3, -0.25) is 4.79 Å². The molecule has 4 heterocycles. The van der Waals surface area contributed by atoms with E-state index in [1.165, 1.54) is 13.4 Å². The van der Waals surface area contributed by atoms with Crippen LogP contribution in [0.2, 0.25) is 0 Å². The lowest BCUT2D eigenvalue weighted by Gasteiger charge is -2.12. The topological polar surface area (TPSA) is 143 Å². The van der Waals surface area contributed by atoms with Gasteiger partial charge in [0.05, 0.1) is 19.0 Å². The van der Waals surface area contributed by atoms with Crippen molar-refractivity contribution < 1.29 is 9.53 Å². The average Bonchev–Trinajstić information content (AvgIpc) is 3.28. The number of imidazole rings is 1. The Morgan fingerprint density at radius 1 is 1.31 bits per heavy atom. The molecule has 0 bridgehead atoms. The van der Waals surface area contributed by atoms with Crippen molar-refractivity contribution in [2.45, 2.75) is 6.54 Å². The van der Waals surface area contributed by atoms with Crippen molar-refractivity contribution in [3.8, 4) is 11.3 Å². The number of hydrogen-bond donors (Lipinski definition) is 3. The van der Waals surface area contributed by atoms with Crippen molar-refractivity contribution in [2.24, 2.45) is 0 Å². The average molecular weight is 354 g/mol. The number of rotatable bonds is 5. The van der Waals surface area contributed by atoms with Gasteiger partial charge in [0.2, 0.25) is 0 Å². The molecule has 2 aromatic rings. The van der Waals surface area contributed by atoms with Gasteiger partial charge in [0.25, 0.3) is 5.56 Å². The zero-order chi connectivity index (χ0) is 18.1. The Morgan fingerprint density at radius 3 is 3.04 bits per heavy atom. The highest BCUT2D eigenvalue weighted by molar-refractivity contribution is 5.95. The fourth-order valence-corrected chi connectivity index (χ4v) is 2.68. The maximum absolute atomic E-state index is 12.0. The molecule has 0 aromatic carbocycles. The first kappa shape index (κ1) is 15.7.